The fourth-order valence-electron chi connectivity index (χ4n) is 4.12. The fraction of sp³-hybridized carbons (Fsp3) is 0.682. The number of aliphatic hydroxyl groups excluding tert-OH is 1. The smallest absolute Gasteiger partial charge is 0.197 e. The molecule has 2 rings (SSSR count). The molecule has 0 heterocycles. The summed E-state index contributed by atoms with van der Waals surface area (Å²) in [6.45, 7) is 3.55. The van der Waals surface area contributed by atoms with Gasteiger partial charge in [-0.25, -0.2) is 0 Å². The highest BCUT2D eigenvalue weighted by molar-refractivity contribution is 7.57. The standard InChI is InChI=1S/C22H35O4P/c1-3-22(15-9-16-22)21(24)12-8-10-18-13-14-20(23)19(18)11-6-4-5-7-17-27(2,25)26/h4,6,8,10,21,24H,3,5,7,9,11-17H2,1-2H3,(H,25,26). The van der Waals surface area contributed by atoms with Crippen LogP contribution in [0.2, 0.25) is 0 Å². The summed E-state index contributed by atoms with van der Waals surface area (Å²) in [5, 5.41) is 10.5. The Hall–Kier alpha value is -0.960. The van der Waals surface area contributed by atoms with Crippen molar-refractivity contribution in [1.82, 2.24) is 0 Å². The Kier molecular flexibility index (Phi) is 8.27. The lowest BCUT2D eigenvalue weighted by Gasteiger charge is -2.45. The fourth-order valence-corrected chi connectivity index (χ4v) is 4.89. The molecule has 0 amide bonds. The zero-order valence-corrected chi connectivity index (χ0v) is 17.7. The SMILES string of the molecule is CCC1(C(O)CC=CC2=C(CC=CCCCP(C)(=O)O)C(=O)CC2)CCC1. The van der Waals surface area contributed by atoms with Crippen molar-refractivity contribution in [3.05, 3.63) is 35.5 Å². The number of aliphatic hydroxyl groups is 1. The van der Waals surface area contributed by atoms with Crippen molar-refractivity contribution in [3.8, 4) is 0 Å². The highest BCUT2D eigenvalue weighted by Crippen LogP contribution is 2.47. The molecule has 0 bridgehead atoms. The maximum absolute atomic E-state index is 12.1. The average Bonchev–Trinajstić information content (AvgIpc) is 2.90. The number of carbonyl (C=O) groups excluding carboxylic acids is 1. The van der Waals surface area contributed by atoms with Gasteiger partial charge in [0.2, 0.25) is 0 Å². The molecule has 2 N–H and O–H groups in total. The molecule has 1 fully saturated rings. The molecule has 1 saturated carbocycles. The van der Waals surface area contributed by atoms with Gasteiger partial charge in [0.25, 0.3) is 0 Å². The lowest BCUT2D eigenvalue weighted by molar-refractivity contribution is -0.114. The molecule has 5 heteroatoms. The first kappa shape index (κ1) is 22.3. The molecule has 0 saturated heterocycles. The van der Waals surface area contributed by atoms with Crippen molar-refractivity contribution >= 4 is 13.2 Å². The van der Waals surface area contributed by atoms with Crippen molar-refractivity contribution in [2.75, 3.05) is 12.8 Å². The van der Waals surface area contributed by atoms with E-state index in [2.05, 4.69) is 6.92 Å². The quantitative estimate of drug-likeness (QED) is 0.288. The van der Waals surface area contributed by atoms with Gasteiger partial charge in [-0.05, 0) is 62.4 Å². The molecule has 0 radical (unpaired) electrons. The van der Waals surface area contributed by atoms with E-state index in [1.807, 2.05) is 24.3 Å². The van der Waals surface area contributed by atoms with Crippen molar-refractivity contribution in [3.63, 3.8) is 0 Å². The number of hydrogen-bond donors (Lipinski definition) is 2. The van der Waals surface area contributed by atoms with E-state index in [-0.39, 0.29) is 17.3 Å². The molecule has 2 unspecified atom stereocenters. The first-order valence-electron chi connectivity index (χ1n) is 10.3. The minimum Gasteiger partial charge on any atom is -0.392 e. The Bertz CT molecular complexity index is 644. The van der Waals surface area contributed by atoms with E-state index < -0.39 is 7.37 Å². The first-order valence-corrected chi connectivity index (χ1v) is 12.6. The minimum atomic E-state index is -2.92. The Labute approximate surface area is 163 Å². The van der Waals surface area contributed by atoms with Crippen LogP contribution in [0.5, 0.6) is 0 Å². The van der Waals surface area contributed by atoms with E-state index in [4.69, 9.17) is 0 Å². The molecule has 0 aromatic heterocycles. The van der Waals surface area contributed by atoms with E-state index in [1.54, 1.807) is 0 Å². The molecular weight excluding hydrogens is 359 g/mol. The van der Waals surface area contributed by atoms with E-state index in [0.29, 0.717) is 31.8 Å². The van der Waals surface area contributed by atoms with Gasteiger partial charge in [0, 0.05) is 24.8 Å². The largest absolute Gasteiger partial charge is 0.392 e. The highest BCUT2D eigenvalue weighted by Gasteiger charge is 2.40. The maximum Gasteiger partial charge on any atom is 0.197 e. The van der Waals surface area contributed by atoms with Crippen LogP contribution in [0.25, 0.3) is 0 Å². The molecule has 27 heavy (non-hydrogen) atoms. The molecule has 152 valence electrons. The monoisotopic (exact) mass is 394 g/mol. The van der Waals surface area contributed by atoms with E-state index >= 15 is 0 Å². The predicted molar refractivity (Wildman–Crippen MR) is 111 cm³/mol. The van der Waals surface area contributed by atoms with Crippen molar-refractivity contribution in [2.45, 2.75) is 77.2 Å². The Balaban J connectivity index is 1.85. The van der Waals surface area contributed by atoms with Gasteiger partial charge in [-0.2, -0.15) is 0 Å². The van der Waals surface area contributed by atoms with Gasteiger partial charge in [-0.3, -0.25) is 9.36 Å². The van der Waals surface area contributed by atoms with Crippen molar-refractivity contribution in [2.24, 2.45) is 5.41 Å². The van der Waals surface area contributed by atoms with Crippen LogP contribution < -0.4 is 0 Å². The van der Waals surface area contributed by atoms with Crippen LogP contribution in [0, 0.1) is 5.41 Å². The highest BCUT2D eigenvalue weighted by atomic mass is 31.2. The molecule has 2 atom stereocenters. The molecule has 0 aliphatic heterocycles. The lowest BCUT2D eigenvalue weighted by Crippen LogP contribution is -2.40. The third-order valence-corrected chi connectivity index (χ3v) is 7.36. The van der Waals surface area contributed by atoms with Crippen LogP contribution in [0.4, 0.5) is 0 Å². The van der Waals surface area contributed by atoms with Crippen molar-refractivity contribution in [1.29, 1.82) is 0 Å². The van der Waals surface area contributed by atoms with Gasteiger partial charge in [0.15, 0.2) is 13.2 Å². The Morgan fingerprint density at radius 3 is 2.56 bits per heavy atom. The van der Waals surface area contributed by atoms with Crippen LogP contribution >= 0.6 is 7.37 Å². The summed E-state index contributed by atoms with van der Waals surface area (Å²) >= 11 is 0. The zero-order valence-electron chi connectivity index (χ0n) is 16.8. The van der Waals surface area contributed by atoms with E-state index in [9.17, 15) is 19.4 Å². The van der Waals surface area contributed by atoms with Crippen LogP contribution in [0.3, 0.4) is 0 Å². The Morgan fingerprint density at radius 2 is 1.96 bits per heavy atom. The molecule has 2 aliphatic rings. The predicted octanol–water partition coefficient (Wildman–Crippen LogP) is 5.16. The summed E-state index contributed by atoms with van der Waals surface area (Å²) in [6.07, 6.45) is 16.7. The van der Waals surface area contributed by atoms with Gasteiger partial charge in [0.05, 0.1) is 6.10 Å². The van der Waals surface area contributed by atoms with Crippen LogP contribution in [-0.2, 0) is 9.36 Å². The summed E-state index contributed by atoms with van der Waals surface area (Å²) in [5.74, 6) is 0.220. The third kappa shape index (κ3) is 6.55. The first-order chi connectivity index (χ1) is 12.8. The number of hydrogen-bond acceptors (Lipinski definition) is 3. The van der Waals surface area contributed by atoms with E-state index in [1.165, 1.54) is 13.1 Å². The number of carbonyl (C=O) groups is 1. The average molecular weight is 394 g/mol. The van der Waals surface area contributed by atoms with Gasteiger partial charge < -0.3 is 10.00 Å². The van der Waals surface area contributed by atoms with Crippen LogP contribution in [0.15, 0.2) is 35.5 Å². The van der Waals surface area contributed by atoms with Crippen LogP contribution in [-0.4, -0.2) is 34.7 Å². The number of ketones is 1. The Morgan fingerprint density at radius 1 is 1.22 bits per heavy atom. The second-order valence-corrected chi connectivity index (χ2v) is 10.8. The maximum atomic E-state index is 12.1. The van der Waals surface area contributed by atoms with Gasteiger partial charge in [0.1, 0.15) is 0 Å². The summed E-state index contributed by atoms with van der Waals surface area (Å²) in [6, 6.07) is 0. The summed E-state index contributed by atoms with van der Waals surface area (Å²) < 4.78 is 11.2. The molecule has 0 aromatic rings. The van der Waals surface area contributed by atoms with Gasteiger partial charge in [-0.15, -0.1) is 0 Å². The minimum absolute atomic E-state index is 0.118. The molecular formula is C22H35O4P. The van der Waals surface area contributed by atoms with Gasteiger partial charge >= 0.3 is 0 Å². The van der Waals surface area contributed by atoms with E-state index in [0.717, 1.165) is 43.3 Å². The zero-order chi connectivity index (χ0) is 19.9. The molecule has 4 nitrogen and oxygen atoms in total. The second kappa shape index (κ2) is 10.0. The van der Waals surface area contributed by atoms with Gasteiger partial charge in [-0.1, -0.05) is 37.6 Å². The number of rotatable bonds is 11. The summed E-state index contributed by atoms with van der Waals surface area (Å²) in [7, 11) is -2.92. The number of Topliss-reactive ketones (excluding diaryl/α,β-unsaturated/α-hetero) is 1. The second-order valence-electron chi connectivity index (χ2n) is 8.24. The third-order valence-electron chi connectivity index (χ3n) is 6.22. The number of allylic oxidation sites excluding steroid dienone is 5. The lowest BCUT2D eigenvalue weighted by atomic mass is 9.63. The normalized spacial score (nSPS) is 23.2. The molecule has 0 spiro atoms. The molecule has 2 aliphatic carbocycles. The molecule has 0 aromatic carbocycles. The number of unbranched alkanes of at least 4 members (excludes halogenated alkanes) is 1. The topological polar surface area (TPSA) is 74.6 Å². The van der Waals surface area contributed by atoms with Crippen molar-refractivity contribution < 1.29 is 19.4 Å². The van der Waals surface area contributed by atoms with Crippen LogP contribution in [0.1, 0.15) is 71.1 Å². The summed E-state index contributed by atoms with van der Waals surface area (Å²) in [4.78, 5) is 21.4. The summed E-state index contributed by atoms with van der Waals surface area (Å²) in [5.41, 5.74) is 2.10.